The van der Waals surface area contributed by atoms with Crippen molar-refractivity contribution in [3.05, 3.63) is 24.1 Å². The Kier molecular flexibility index (Phi) is 2.18. The summed E-state index contributed by atoms with van der Waals surface area (Å²) in [6, 6.07) is 0. The fourth-order valence-corrected chi connectivity index (χ4v) is 1.10. The lowest BCUT2D eigenvalue weighted by Crippen LogP contribution is -2.06. The third kappa shape index (κ3) is 1.73. The van der Waals surface area contributed by atoms with Gasteiger partial charge in [-0.3, -0.25) is 0 Å². The molecule has 2 rings (SSSR count). The fourth-order valence-electron chi connectivity index (χ4n) is 1.10. The summed E-state index contributed by atoms with van der Waals surface area (Å²) in [6.45, 7) is 2.33. The van der Waals surface area contributed by atoms with Gasteiger partial charge in [0, 0.05) is 26.4 Å². The van der Waals surface area contributed by atoms with E-state index in [0.717, 1.165) is 5.82 Å². The van der Waals surface area contributed by atoms with Gasteiger partial charge < -0.3 is 14.4 Å². The van der Waals surface area contributed by atoms with Gasteiger partial charge in [0.1, 0.15) is 5.82 Å². The number of aromatic nitrogens is 4. The van der Waals surface area contributed by atoms with Gasteiger partial charge in [-0.1, -0.05) is 0 Å². The van der Waals surface area contributed by atoms with E-state index in [4.69, 9.17) is 4.52 Å². The molecule has 2 heterocycles. The molecule has 2 aromatic heterocycles. The Hall–Kier alpha value is -1.85. The van der Waals surface area contributed by atoms with Crippen LogP contribution in [0, 0.1) is 6.92 Å². The van der Waals surface area contributed by atoms with Crippen LogP contribution in [0.25, 0.3) is 0 Å². The normalized spacial score (nSPS) is 10.4. The molecule has 0 bridgehead atoms. The molecule has 0 aliphatic carbocycles. The van der Waals surface area contributed by atoms with Crippen molar-refractivity contribution in [1.29, 1.82) is 0 Å². The van der Waals surface area contributed by atoms with E-state index in [1.54, 1.807) is 13.1 Å². The summed E-state index contributed by atoms with van der Waals surface area (Å²) in [5, 5.41) is 6.72. The molecule has 0 aliphatic rings. The molecule has 0 spiro atoms. The molecule has 0 radical (unpaired) electrons. The molecule has 6 heteroatoms. The van der Waals surface area contributed by atoms with Crippen LogP contribution in [0.2, 0.25) is 0 Å². The molecule has 2 aromatic rings. The van der Waals surface area contributed by atoms with Gasteiger partial charge in [-0.05, 0) is 5.16 Å². The first-order valence-electron chi connectivity index (χ1n) is 4.26. The number of aryl methyl sites for hydroxylation is 2. The van der Waals surface area contributed by atoms with Crippen LogP contribution in [0.4, 0.5) is 5.95 Å². The molecule has 0 aromatic carbocycles. The third-order valence-electron chi connectivity index (χ3n) is 1.85. The Balaban J connectivity index is 1.98. The lowest BCUT2D eigenvalue weighted by atomic mass is 10.6. The topological polar surface area (TPSA) is 68.8 Å². The summed E-state index contributed by atoms with van der Waals surface area (Å²) in [5.74, 6) is 1.96. The fraction of sp³-hybridized carbons (Fsp3) is 0.375. The van der Waals surface area contributed by atoms with E-state index >= 15 is 0 Å². The van der Waals surface area contributed by atoms with E-state index < -0.39 is 0 Å². The predicted octanol–water partition coefficient (Wildman–Crippen LogP) is 0.724. The minimum atomic E-state index is 0.491. The Labute approximate surface area is 81.0 Å². The molecule has 14 heavy (non-hydrogen) atoms. The monoisotopic (exact) mass is 193 g/mol. The van der Waals surface area contributed by atoms with Crippen LogP contribution in [-0.4, -0.2) is 19.7 Å². The van der Waals surface area contributed by atoms with Crippen LogP contribution in [0.1, 0.15) is 11.7 Å². The zero-order valence-electron chi connectivity index (χ0n) is 8.06. The molecule has 0 saturated carbocycles. The number of hydrogen-bond acceptors (Lipinski definition) is 5. The van der Waals surface area contributed by atoms with Crippen LogP contribution in [-0.2, 0) is 13.6 Å². The Morgan fingerprint density at radius 2 is 2.43 bits per heavy atom. The highest BCUT2D eigenvalue weighted by molar-refractivity contribution is 5.21. The largest absolute Gasteiger partial charge is 0.344 e. The van der Waals surface area contributed by atoms with E-state index in [2.05, 4.69) is 20.4 Å². The van der Waals surface area contributed by atoms with Crippen LogP contribution in [0.5, 0.6) is 0 Å². The number of rotatable bonds is 3. The van der Waals surface area contributed by atoms with Gasteiger partial charge in [-0.2, -0.15) is 4.98 Å². The van der Waals surface area contributed by atoms with E-state index in [0.29, 0.717) is 18.4 Å². The van der Waals surface area contributed by atoms with E-state index in [1.807, 2.05) is 17.8 Å². The van der Waals surface area contributed by atoms with Gasteiger partial charge in [0.05, 0.1) is 6.54 Å². The van der Waals surface area contributed by atoms with Crippen LogP contribution < -0.4 is 5.32 Å². The predicted molar refractivity (Wildman–Crippen MR) is 49.6 cm³/mol. The highest BCUT2D eigenvalue weighted by atomic mass is 16.5. The minimum absolute atomic E-state index is 0.491. The zero-order valence-corrected chi connectivity index (χ0v) is 8.06. The van der Waals surface area contributed by atoms with Crippen molar-refractivity contribution in [3.8, 4) is 0 Å². The lowest BCUT2D eigenvalue weighted by Gasteiger charge is -2.00. The van der Waals surface area contributed by atoms with E-state index in [9.17, 15) is 0 Å². The maximum atomic E-state index is 4.81. The number of anilines is 1. The molecule has 0 aliphatic heterocycles. The second-order valence-electron chi connectivity index (χ2n) is 2.94. The third-order valence-corrected chi connectivity index (χ3v) is 1.85. The molecule has 0 saturated heterocycles. The first-order valence-corrected chi connectivity index (χ1v) is 4.26. The smallest absolute Gasteiger partial charge is 0.263 e. The molecule has 0 unspecified atom stereocenters. The average Bonchev–Trinajstić information content (AvgIpc) is 2.72. The summed E-state index contributed by atoms with van der Waals surface area (Å²) in [4.78, 5) is 8.17. The van der Waals surface area contributed by atoms with Crippen molar-refractivity contribution in [2.45, 2.75) is 13.5 Å². The molecule has 0 amide bonds. The van der Waals surface area contributed by atoms with Gasteiger partial charge in [-0.25, -0.2) is 4.98 Å². The molecule has 1 N–H and O–H groups in total. The number of nitrogens with one attached hydrogen (secondary N) is 1. The van der Waals surface area contributed by atoms with Crippen molar-refractivity contribution < 1.29 is 4.52 Å². The summed E-state index contributed by atoms with van der Waals surface area (Å²) in [7, 11) is 1.94. The molecule has 74 valence electrons. The van der Waals surface area contributed by atoms with Crippen LogP contribution >= 0.6 is 0 Å². The van der Waals surface area contributed by atoms with Gasteiger partial charge in [-0.15, -0.1) is 0 Å². The first kappa shape index (κ1) is 8.74. The Bertz CT molecular complexity index is 419. The van der Waals surface area contributed by atoms with Crippen LogP contribution in [0.15, 0.2) is 16.9 Å². The second-order valence-corrected chi connectivity index (χ2v) is 2.94. The Morgan fingerprint density at radius 3 is 3.00 bits per heavy atom. The minimum Gasteiger partial charge on any atom is -0.344 e. The van der Waals surface area contributed by atoms with Gasteiger partial charge in [0.15, 0.2) is 0 Å². The standard InChI is InChI=1S/C8H11N5O/c1-6-11-8(12-14-6)10-5-7-9-3-4-13(7)2/h3-4H,5H2,1-2H3,(H,10,12). The first-order chi connectivity index (χ1) is 6.75. The SMILES string of the molecule is Cc1nc(NCc2nccn2C)no1. The number of nitrogens with zero attached hydrogens (tertiary/aromatic N) is 4. The molecule has 0 atom stereocenters. The highest BCUT2D eigenvalue weighted by Gasteiger charge is 2.03. The van der Waals surface area contributed by atoms with Crippen molar-refractivity contribution >= 4 is 5.95 Å². The zero-order chi connectivity index (χ0) is 9.97. The molecule has 0 fully saturated rings. The summed E-state index contributed by atoms with van der Waals surface area (Å²) < 4.78 is 6.74. The summed E-state index contributed by atoms with van der Waals surface area (Å²) in [6.07, 6.45) is 3.64. The maximum absolute atomic E-state index is 4.81. The molecular formula is C8H11N5O. The maximum Gasteiger partial charge on any atom is 0.263 e. The van der Waals surface area contributed by atoms with Crippen LogP contribution in [0.3, 0.4) is 0 Å². The van der Waals surface area contributed by atoms with Crippen molar-refractivity contribution in [3.63, 3.8) is 0 Å². The van der Waals surface area contributed by atoms with Gasteiger partial charge in [0.2, 0.25) is 5.89 Å². The lowest BCUT2D eigenvalue weighted by molar-refractivity contribution is 0.394. The number of imidazole rings is 1. The van der Waals surface area contributed by atoms with Crippen molar-refractivity contribution in [2.75, 3.05) is 5.32 Å². The number of hydrogen-bond donors (Lipinski definition) is 1. The van der Waals surface area contributed by atoms with E-state index in [-0.39, 0.29) is 0 Å². The summed E-state index contributed by atoms with van der Waals surface area (Å²) in [5.41, 5.74) is 0. The molecule has 6 nitrogen and oxygen atoms in total. The summed E-state index contributed by atoms with van der Waals surface area (Å²) >= 11 is 0. The van der Waals surface area contributed by atoms with Gasteiger partial charge >= 0.3 is 0 Å². The van der Waals surface area contributed by atoms with E-state index in [1.165, 1.54) is 0 Å². The Morgan fingerprint density at radius 1 is 1.57 bits per heavy atom. The van der Waals surface area contributed by atoms with Gasteiger partial charge in [0.25, 0.3) is 5.95 Å². The second kappa shape index (κ2) is 3.49. The van der Waals surface area contributed by atoms with Crippen molar-refractivity contribution in [1.82, 2.24) is 19.7 Å². The molecular weight excluding hydrogens is 182 g/mol. The quantitative estimate of drug-likeness (QED) is 0.778. The average molecular weight is 193 g/mol. The van der Waals surface area contributed by atoms with Crippen molar-refractivity contribution in [2.24, 2.45) is 7.05 Å². The highest BCUT2D eigenvalue weighted by Crippen LogP contribution is 2.02.